The zero-order valence-corrected chi connectivity index (χ0v) is 20.4. The fourth-order valence-electron chi connectivity index (χ4n) is 3.52. The lowest BCUT2D eigenvalue weighted by Crippen LogP contribution is -2.40. The summed E-state index contributed by atoms with van der Waals surface area (Å²) in [5.74, 6) is 0. The molecule has 0 aromatic heterocycles. The van der Waals surface area contributed by atoms with Crippen LogP contribution in [-0.2, 0) is 20.0 Å². The van der Waals surface area contributed by atoms with Crippen molar-refractivity contribution in [3.8, 4) is 0 Å². The lowest BCUT2D eigenvalue weighted by atomic mass is 10.0. The van der Waals surface area contributed by atoms with E-state index in [0.29, 0.717) is 11.1 Å². The Morgan fingerprint density at radius 1 is 0.559 bits per heavy atom. The second kappa shape index (κ2) is 10.8. The van der Waals surface area contributed by atoms with Crippen LogP contribution < -0.4 is 9.44 Å². The second-order valence-corrected chi connectivity index (χ2v) is 11.3. The zero-order chi connectivity index (χ0) is 24.9. The first kappa shape index (κ1) is 26.0. The van der Waals surface area contributed by atoms with Crippen LogP contribution in [0.2, 0.25) is 0 Å². The van der Waals surface area contributed by atoms with Gasteiger partial charge in [-0.2, -0.15) is 0 Å². The van der Waals surface area contributed by atoms with Crippen molar-refractivity contribution in [3.05, 3.63) is 96.1 Å². The normalized spacial score (nSPS) is 15.9. The van der Waals surface area contributed by atoms with Gasteiger partial charge in [-0.25, -0.2) is 26.3 Å². The Kier molecular flexibility index (Phi) is 8.24. The van der Waals surface area contributed by atoms with E-state index in [1.54, 1.807) is 60.7 Å². The molecular weight excluding hydrogens is 476 g/mol. The summed E-state index contributed by atoms with van der Waals surface area (Å²) in [7, 11) is -8.65. The number of benzene rings is 3. The first-order valence-electron chi connectivity index (χ1n) is 10.6. The summed E-state index contributed by atoms with van der Waals surface area (Å²) in [6.45, 7) is 2.98. The molecule has 0 saturated carbocycles. The topological polar surface area (TPSA) is 133 Å². The lowest BCUT2D eigenvalue weighted by molar-refractivity contribution is 0.146. The van der Waals surface area contributed by atoms with E-state index >= 15 is 0 Å². The van der Waals surface area contributed by atoms with Crippen molar-refractivity contribution in [3.63, 3.8) is 0 Å². The molecule has 0 heterocycles. The summed E-state index contributed by atoms with van der Waals surface area (Å²) < 4.78 is 57.2. The molecule has 8 nitrogen and oxygen atoms in total. The molecule has 10 heteroatoms. The van der Waals surface area contributed by atoms with Gasteiger partial charge in [-0.1, -0.05) is 72.8 Å². The van der Waals surface area contributed by atoms with Gasteiger partial charge >= 0.3 is 0 Å². The Bertz CT molecular complexity index is 1200. The van der Waals surface area contributed by atoms with Crippen molar-refractivity contribution in [2.75, 3.05) is 0 Å². The Balaban J connectivity index is 1.85. The molecule has 182 valence electrons. The van der Waals surface area contributed by atoms with Gasteiger partial charge < -0.3 is 10.2 Å². The SMILES string of the molecule is C[C@H](NS(=O)(=O)c1ccccc1S(=O)(=O)N[C@@H](C)[C@H](O)c1ccccc1)[C@H](O)c1ccccc1. The van der Waals surface area contributed by atoms with E-state index in [9.17, 15) is 27.0 Å². The third kappa shape index (κ3) is 6.09. The molecule has 0 amide bonds. The van der Waals surface area contributed by atoms with Crippen LogP contribution in [0.3, 0.4) is 0 Å². The lowest BCUT2D eigenvalue weighted by Gasteiger charge is -2.23. The predicted octanol–water partition coefficient (Wildman–Crippen LogP) is 2.49. The van der Waals surface area contributed by atoms with Gasteiger partial charge in [-0.15, -0.1) is 0 Å². The molecule has 0 radical (unpaired) electrons. The number of hydrogen-bond donors (Lipinski definition) is 4. The minimum absolute atomic E-state index is 0.462. The minimum atomic E-state index is -4.33. The number of sulfonamides is 2. The Hall–Kier alpha value is -2.60. The van der Waals surface area contributed by atoms with Crippen LogP contribution in [0, 0.1) is 0 Å². The van der Waals surface area contributed by atoms with E-state index in [0.717, 1.165) is 0 Å². The maximum atomic E-state index is 13.1. The highest BCUT2D eigenvalue weighted by atomic mass is 32.2. The van der Waals surface area contributed by atoms with Crippen molar-refractivity contribution >= 4 is 20.0 Å². The summed E-state index contributed by atoms with van der Waals surface area (Å²) in [5, 5.41) is 21.1. The maximum absolute atomic E-state index is 13.1. The largest absolute Gasteiger partial charge is 0.387 e. The van der Waals surface area contributed by atoms with Gasteiger partial charge in [0.05, 0.1) is 12.2 Å². The standard InChI is InChI=1S/C24H28N2O6S2/c1-17(23(27)19-11-5-3-6-12-19)25-33(29,30)21-15-9-10-16-22(21)34(31,32)26-18(2)24(28)20-13-7-4-8-14-20/h3-18,23-28H,1-2H3/t17-,18-,23-,24-/m0/s1. The molecule has 0 saturated heterocycles. The number of hydrogen-bond acceptors (Lipinski definition) is 6. The van der Waals surface area contributed by atoms with E-state index < -0.39 is 54.1 Å². The zero-order valence-electron chi connectivity index (χ0n) is 18.7. The molecule has 3 rings (SSSR count). The smallest absolute Gasteiger partial charge is 0.242 e. The second-order valence-electron chi connectivity index (χ2n) is 7.98. The van der Waals surface area contributed by atoms with E-state index in [-0.39, 0.29) is 0 Å². The van der Waals surface area contributed by atoms with Gasteiger partial charge in [0, 0.05) is 12.1 Å². The fourth-order valence-corrected chi connectivity index (χ4v) is 6.85. The highest BCUT2D eigenvalue weighted by molar-refractivity contribution is 7.92. The molecule has 0 aliphatic rings. The Morgan fingerprint density at radius 3 is 1.18 bits per heavy atom. The van der Waals surface area contributed by atoms with Crippen molar-refractivity contribution in [1.82, 2.24) is 9.44 Å². The van der Waals surface area contributed by atoms with Gasteiger partial charge in [0.2, 0.25) is 20.0 Å². The van der Waals surface area contributed by atoms with Gasteiger partial charge in [0.15, 0.2) is 0 Å². The molecule has 0 fully saturated rings. The van der Waals surface area contributed by atoms with Gasteiger partial charge in [-0.3, -0.25) is 0 Å². The maximum Gasteiger partial charge on any atom is 0.242 e. The average molecular weight is 505 g/mol. The molecule has 34 heavy (non-hydrogen) atoms. The molecule has 0 aliphatic carbocycles. The summed E-state index contributed by atoms with van der Waals surface area (Å²) in [4.78, 5) is -0.924. The third-order valence-electron chi connectivity index (χ3n) is 5.34. The highest BCUT2D eigenvalue weighted by Gasteiger charge is 2.31. The number of aliphatic hydroxyl groups is 2. The molecule has 4 N–H and O–H groups in total. The Labute approximate surface area is 200 Å². The van der Waals surface area contributed by atoms with Crippen LogP contribution in [0.5, 0.6) is 0 Å². The molecular formula is C24H28N2O6S2. The highest BCUT2D eigenvalue weighted by Crippen LogP contribution is 2.25. The number of aliphatic hydroxyl groups excluding tert-OH is 2. The van der Waals surface area contributed by atoms with Crippen LogP contribution >= 0.6 is 0 Å². The molecule has 3 aromatic carbocycles. The van der Waals surface area contributed by atoms with Crippen LogP contribution in [0.4, 0.5) is 0 Å². The van der Waals surface area contributed by atoms with Crippen molar-refractivity contribution < 1.29 is 27.0 Å². The fraction of sp³-hybridized carbons (Fsp3) is 0.250. The van der Waals surface area contributed by atoms with Gasteiger partial charge in [0.25, 0.3) is 0 Å². The quantitative estimate of drug-likeness (QED) is 0.335. The van der Waals surface area contributed by atoms with Crippen LogP contribution in [0.25, 0.3) is 0 Å². The number of rotatable bonds is 10. The summed E-state index contributed by atoms with van der Waals surface area (Å²) in [6, 6.07) is 20.4. The van der Waals surface area contributed by atoms with Crippen molar-refractivity contribution in [1.29, 1.82) is 0 Å². The van der Waals surface area contributed by atoms with Crippen LogP contribution in [0.15, 0.2) is 94.7 Å². The minimum Gasteiger partial charge on any atom is -0.387 e. The van der Waals surface area contributed by atoms with Gasteiger partial charge in [0.1, 0.15) is 9.79 Å². The van der Waals surface area contributed by atoms with E-state index in [2.05, 4.69) is 9.44 Å². The van der Waals surface area contributed by atoms with E-state index in [4.69, 9.17) is 0 Å². The predicted molar refractivity (Wildman–Crippen MR) is 129 cm³/mol. The summed E-state index contributed by atoms with van der Waals surface area (Å²) >= 11 is 0. The first-order valence-corrected chi connectivity index (χ1v) is 13.6. The Morgan fingerprint density at radius 2 is 0.853 bits per heavy atom. The third-order valence-corrected chi connectivity index (χ3v) is 8.70. The van der Waals surface area contributed by atoms with Crippen molar-refractivity contribution in [2.24, 2.45) is 0 Å². The monoisotopic (exact) mass is 504 g/mol. The molecule has 0 spiro atoms. The summed E-state index contributed by atoms with van der Waals surface area (Å²) in [6.07, 6.45) is -2.28. The van der Waals surface area contributed by atoms with E-state index in [1.165, 1.54) is 38.1 Å². The first-order chi connectivity index (χ1) is 16.0. The summed E-state index contributed by atoms with van der Waals surface area (Å²) in [5.41, 5.74) is 1.04. The molecule has 0 bridgehead atoms. The van der Waals surface area contributed by atoms with E-state index in [1.807, 2.05) is 0 Å². The van der Waals surface area contributed by atoms with Gasteiger partial charge in [-0.05, 0) is 37.1 Å². The average Bonchev–Trinajstić information content (AvgIpc) is 2.83. The van der Waals surface area contributed by atoms with Crippen molar-refractivity contribution in [2.45, 2.75) is 47.9 Å². The van der Waals surface area contributed by atoms with Crippen LogP contribution in [-0.4, -0.2) is 39.1 Å². The molecule has 0 aliphatic heterocycles. The molecule has 0 unspecified atom stereocenters. The molecule has 3 aromatic rings. The molecule has 4 atom stereocenters. The van der Waals surface area contributed by atoms with Crippen LogP contribution in [0.1, 0.15) is 37.2 Å². The number of nitrogens with one attached hydrogen (secondary N) is 2.